The molecule has 0 radical (unpaired) electrons. The fourth-order valence-corrected chi connectivity index (χ4v) is 4.33. The van der Waals surface area contributed by atoms with Gasteiger partial charge in [-0.25, -0.2) is 14.3 Å². The fraction of sp³-hybridized carbons (Fsp3) is 0.478. The van der Waals surface area contributed by atoms with E-state index in [2.05, 4.69) is 42.7 Å². The number of amidine groups is 1. The van der Waals surface area contributed by atoms with Crippen LogP contribution in [0.1, 0.15) is 38.7 Å². The Labute approximate surface area is 178 Å². The number of aliphatic imine (C=N–C) groups is 1. The van der Waals surface area contributed by atoms with E-state index in [9.17, 15) is 9.59 Å². The van der Waals surface area contributed by atoms with E-state index in [1.54, 1.807) is 7.05 Å². The monoisotopic (exact) mass is 408 g/mol. The Hall–Kier alpha value is -2.96. The van der Waals surface area contributed by atoms with Gasteiger partial charge in [0, 0.05) is 13.5 Å². The van der Waals surface area contributed by atoms with Crippen LogP contribution < -0.4 is 4.90 Å². The van der Waals surface area contributed by atoms with Gasteiger partial charge in [0.15, 0.2) is 0 Å². The smallest absolute Gasteiger partial charge is 0.270 e. The van der Waals surface area contributed by atoms with E-state index < -0.39 is 6.04 Å². The lowest BCUT2D eigenvalue weighted by atomic mass is 10.1. The zero-order chi connectivity index (χ0) is 21.4. The van der Waals surface area contributed by atoms with Crippen LogP contribution in [-0.2, 0) is 11.2 Å². The van der Waals surface area contributed by atoms with Gasteiger partial charge in [-0.2, -0.15) is 0 Å². The molecule has 3 aliphatic heterocycles. The van der Waals surface area contributed by atoms with E-state index in [4.69, 9.17) is 4.99 Å². The number of hydrogen-bond donors (Lipinski definition) is 0. The third kappa shape index (κ3) is 3.42. The molecule has 3 heterocycles. The number of benzene rings is 1. The Balaban J connectivity index is 1.66. The van der Waals surface area contributed by atoms with E-state index in [0.717, 1.165) is 43.2 Å². The number of hydrogen-bond acceptors (Lipinski definition) is 4. The van der Waals surface area contributed by atoms with Gasteiger partial charge in [0.25, 0.3) is 5.91 Å². The SMILES string of the molecule is C=C(C)CN1C(=O)C2C(=NC3=[N+]2CCCN3c2ccc(CCCC)cc2)N(C)C1=O. The third-order valence-corrected chi connectivity index (χ3v) is 5.91. The quantitative estimate of drug-likeness (QED) is 0.537. The van der Waals surface area contributed by atoms with Gasteiger partial charge in [0.1, 0.15) is 5.69 Å². The highest BCUT2D eigenvalue weighted by atomic mass is 16.2. The maximum atomic E-state index is 13.2. The molecule has 158 valence electrons. The Morgan fingerprint density at radius 3 is 2.67 bits per heavy atom. The zero-order valence-electron chi connectivity index (χ0n) is 18.1. The molecular formula is C23H30N5O2+. The third-order valence-electron chi connectivity index (χ3n) is 5.91. The summed E-state index contributed by atoms with van der Waals surface area (Å²) in [5.74, 6) is 1.06. The molecule has 1 atom stereocenters. The Morgan fingerprint density at radius 2 is 2.00 bits per heavy atom. The first-order valence-corrected chi connectivity index (χ1v) is 10.7. The number of urea groups is 1. The number of rotatable bonds is 6. The van der Waals surface area contributed by atoms with Crippen LogP contribution in [-0.4, -0.2) is 70.8 Å². The molecule has 3 amide bonds. The summed E-state index contributed by atoms with van der Waals surface area (Å²) in [6, 6.07) is 7.73. The molecule has 0 bridgehead atoms. The lowest BCUT2D eigenvalue weighted by Gasteiger charge is -2.34. The second-order valence-electron chi connectivity index (χ2n) is 8.36. The second kappa shape index (κ2) is 8.05. The molecule has 1 fully saturated rings. The minimum atomic E-state index is -0.548. The van der Waals surface area contributed by atoms with E-state index in [1.165, 1.54) is 28.2 Å². The number of nitrogens with zero attached hydrogens (tertiary/aromatic N) is 5. The highest BCUT2D eigenvalue weighted by Crippen LogP contribution is 2.27. The number of anilines is 1. The average Bonchev–Trinajstić information content (AvgIpc) is 3.14. The van der Waals surface area contributed by atoms with Crippen molar-refractivity contribution in [2.45, 2.75) is 45.6 Å². The molecule has 7 nitrogen and oxygen atoms in total. The van der Waals surface area contributed by atoms with E-state index in [0.29, 0.717) is 5.84 Å². The van der Waals surface area contributed by atoms with Crippen LogP contribution in [0.5, 0.6) is 0 Å². The van der Waals surface area contributed by atoms with Crippen LogP contribution in [0.2, 0.25) is 0 Å². The van der Waals surface area contributed by atoms with Crippen molar-refractivity contribution in [2.24, 2.45) is 4.99 Å². The maximum Gasteiger partial charge on any atom is 0.397 e. The molecule has 30 heavy (non-hydrogen) atoms. The van der Waals surface area contributed by atoms with Gasteiger partial charge in [-0.1, -0.05) is 42.6 Å². The molecular weight excluding hydrogens is 378 g/mol. The van der Waals surface area contributed by atoms with E-state index in [-0.39, 0.29) is 18.5 Å². The van der Waals surface area contributed by atoms with Gasteiger partial charge >= 0.3 is 12.0 Å². The Bertz CT molecular complexity index is 947. The van der Waals surface area contributed by atoms with Crippen LogP contribution in [0.4, 0.5) is 10.5 Å². The largest absolute Gasteiger partial charge is 0.397 e. The minimum absolute atomic E-state index is 0.216. The number of imide groups is 1. The van der Waals surface area contributed by atoms with Crippen molar-refractivity contribution in [2.75, 3.05) is 31.6 Å². The number of likely N-dealkylation sites (N-methyl/N-ethyl adjacent to an activating group) is 1. The maximum absolute atomic E-state index is 13.2. The van der Waals surface area contributed by atoms with Crippen molar-refractivity contribution >= 4 is 29.4 Å². The molecule has 0 N–H and O–H groups in total. The van der Waals surface area contributed by atoms with E-state index in [1.807, 2.05) is 11.5 Å². The van der Waals surface area contributed by atoms with Gasteiger partial charge in [-0.15, -0.1) is 0 Å². The topological polar surface area (TPSA) is 59.2 Å². The summed E-state index contributed by atoms with van der Waals surface area (Å²) in [6.07, 6.45) is 4.38. The number of carbonyl (C=O) groups is 2. The molecule has 1 aromatic rings. The first kappa shape index (κ1) is 20.3. The molecule has 0 saturated carbocycles. The summed E-state index contributed by atoms with van der Waals surface area (Å²) in [6.45, 7) is 9.70. The van der Waals surface area contributed by atoms with Crippen molar-refractivity contribution in [3.8, 4) is 0 Å². The van der Waals surface area contributed by atoms with Crippen molar-refractivity contribution < 1.29 is 14.2 Å². The van der Waals surface area contributed by atoms with Crippen LogP contribution in [0.3, 0.4) is 0 Å². The summed E-state index contributed by atoms with van der Waals surface area (Å²) in [7, 11) is 1.69. The van der Waals surface area contributed by atoms with Crippen LogP contribution in [0, 0.1) is 0 Å². The molecule has 7 heteroatoms. The Kier molecular flexibility index (Phi) is 5.45. The van der Waals surface area contributed by atoms with Crippen LogP contribution in [0.25, 0.3) is 0 Å². The van der Waals surface area contributed by atoms with Crippen molar-refractivity contribution in [1.29, 1.82) is 0 Å². The normalized spacial score (nSPS) is 21.1. The molecule has 0 spiro atoms. The highest BCUT2D eigenvalue weighted by molar-refractivity contribution is 6.24. The minimum Gasteiger partial charge on any atom is -0.270 e. The first-order chi connectivity index (χ1) is 14.4. The fourth-order valence-electron chi connectivity index (χ4n) is 4.33. The molecule has 3 aliphatic rings. The van der Waals surface area contributed by atoms with Crippen molar-refractivity contribution in [3.63, 3.8) is 0 Å². The average molecular weight is 409 g/mol. The predicted octanol–water partition coefficient (Wildman–Crippen LogP) is 2.86. The number of fused-ring (bicyclic) bond motifs is 2. The molecule has 1 aromatic carbocycles. The molecule has 4 rings (SSSR count). The van der Waals surface area contributed by atoms with Crippen LogP contribution in [0.15, 0.2) is 41.4 Å². The second-order valence-corrected chi connectivity index (χ2v) is 8.36. The summed E-state index contributed by atoms with van der Waals surface area (Å²) >= 11 is 0. The lowest BCUT2D eigenvalue weighted by Crippen LogP contribution is -2.63. The highest BCUT2D eigenvalue weighted by Gasteiger charge is 2.54. The van der Waals surface area contributed by atoms with Gasteiger partial charge in [-0.05, 0) is 37.5 Å². The Morgan fingerprint density at radius 1 is 1.27 bits per heavy atom. The number of aryl methyl sites for hydroxylation is 1. The molecule has 0 aliphatic carbocycles. The zero-order valence-corrected chi connectivity index (χ0v) is 18.1. The summed E-state index contributed by atoms with van der Waals surface area (Å²) in [5, 5.41) is 0. The number of amides is 3. The molecule has 0 aromatic heterocycles. The van der Waals surface area contributed by atoms with Gasteiger partial charge < -0.3 is 0 Å². The summed E-state index contributed by atoms with van der Waals surface area (Å²) < 4.78 is 2.04. The van der Waals surface area contributed by atoms with Gasteiger partial charge in [0.05, 0.1) is 19.6 Å². The predicted molar refractivity (Wildman–Crippen MR) is 118 cm³/mol. The summed E-state index contributed by atoms with van der Waals surface area (Å²) in [5.41, 5.74) is 3.18. The number of guanidine groups is 1. The van der Waals surface area contributed by atoms with Gasteiger partial charge in [0.2, 0.25) is 11.9 Å². The van der Waals surface area contributed by atoms with E-state index >= 15 is 0 Å². The van der Waals surface area contributed by atoms with Crippen LogP contribution >= 0.6 is 0 Å². The first-order valence-electron chi connectivity index (χ1n) is 10.7. The number of unbranched alkanes of at least 4 members (excludes halogenated alkanes) is 1. The summed E-state index contributed by atoms with van der Waals surface area (Å²) in [4.78, 5) is 35.7. The van der Waals surface area contributed by atoms with Gasteiger partial charge in [-0.3, -0.25) is 14.6 Å². The molecule has 1 saturated heterocycles. The molecule has 1 unspecified atom stereocenters. The standard InChI is InChI=1S/C23H30N5O2/c1-5-6-8-17-9-11-18(12-10-17)26-13-7-14-27-19-20(24-22(26)27)25(4)23(30)28(21(19)29)15-16(2)3/h9-12,19H,2,5-8,13-15H2,1,3-4H3/q+1. The van der Waals surface area contributed by atoms with Crippen molar-refractivity contribution in [3.05, 3.63) is 42.0 Å². The number of carbonyl (C=O) groups excluding carboxylic acids is 2. The van der Waals surface area contributed by atoms with Crippen molar-refractivity contribution in [1.82, 2.24) is 9.80 Å². The lowest BCUT2D eigenvalue weighted by molar-refractivity contribution is -0.539.